The predicted molar refractivity (Wildman–Crippen MR) is 55.4 cm³/mol. The van der Waals surface area contributed by atoms with Crippen LogP contribution in [-0.4, -0.2) is 13.1 Å². The van der Waals surface area contributed by atoms with Crippen LogP contribution in [0.4, 0.5) is 13.2 Å². The predicted octanol–water partition coefficient (Wildman–Crippen LogP) is 2.53. The molecule has 1 aromatic carbocycles. The molecule has 0 unspecified atom stereocenters. The Morgan fingerprint density at radius 2 is 2.06 bits per heavy atom. The van der Waals surface area contributed by atoms with Crippen LogP contribution in [0.25, 0.3) is 0 Å². The van der Waals surface area contributed by atoms with Gasteiger partial charge in [-0.25, -0.2) is 0 Å². The van der Waals surface area contributed by atoms with Crippen LogP contribution in [0, 0.1) is 0 Å². The highest BCUT2D eigenvalue weighted by atomic mass is 35.5. The van der Waals surface area contributed by atoms with Crippen molar-refractivity contribution in [2.24, 2.45) is 5.73 Å². The summed E-state index contributed by atoms with van der Waals surface area (Å²) < 4.78 is 41.9. The Hall–Kier alpha value is -1.27. The number of halogens is 4. The monoisotopic (exact) mass is 267 g/mol. The standard InChI is InChI=1S/C10H9ClF3NO2/c1-17-9(16)8(15)5-3-2-4-6(7(5)11)10(12,13)14/h2-4,8H,15H2,1H3/t8-/m0/s1. The third-order valence-corrected chi connectivity index (χ3v) is 2.55. The Labute approximate surface area is 100 Å². The van der Waals surface area contributed by atoms with E-state index in [-0.39, 0.29) is 5.56 Å². The molecular formula is C10H9ClF3NO2. The first-order valence-electron chi connectivity index (χ1n) is 4.48. The maximum absolute atomic E-state index is 12.5. The highest BCUT2D eigenvalue weighted by Crippen LogP contribution is 2.37. The highest BCUT2D eigenvalue weighted by molar-refractivity contribution is 6.32. The molecule has 7 heteroatoms. The second-order valence-electron chi connectivity index (χ2n) is 3.21. The Morgan fingerprint density at radius 3 is 2.53 bits per heavy atom. The van der Waals surface area contributed by atoms with E-state index in [1.54, 1.807) is 0 Å². The third-order valence-electron chi connectivity index (χ3n) is 2.12. The molecule has 0 aliphatic rings. The molecule has 0 radical (unpaired) electrons. The van der Waals surface area contributed by atoms with Crippen molar-refractivity contribution in [3.05, 3.63) is 34.3 Å². The second kappa shape index (κ2) is 4.93. The van der Waals surface area contributed by atoms with Gasteiger partial charge in [-0.05, 0) is 11.6 Å². The molecule has 0 spiro atoms. The lowest BCUT2D eigenvalue weighted by atomic mass is 10.0. The molecule has 0 fully saturated rings. The van der Waals surface area contributed by atoms with E-state index in [0.29, 0.717) is 0 Å². The average molecular weight is 268 g/mol. The summed E-state index contributed by atoms with van der Waals surface area (Å²) in [6.45, 7) is 0. The first kappa shape index (κ1) is 13.8. The van der Waals surface area contributed by atoms with E-state index >= 15 is 0 Å². The zero-order valence-electron chi connectivity index (χ0n) is 8.72. The number of benzene rings is 1. The Kier molecular flexibility index (Phi) is 4.00. The van der Waals surface area contributed by atoms with Gasteiger partial charge in [0.05, 0.1) is 17.7 Å². The molecule has 0 aliphatic carbocycles. The largest absolute Gasteiger partial charge is 0.468 e. The van der Waals surface area contributed by atoms with Crippen molar-refractivity contribution >= 4 is 17.6 Å². The quantitative estimate of drug-likeness (QED) is 0.838. The van der Waals surface area contributed by atoms with Crippen molar-refractivity contribution in [1.29, 1.82) is 0 Å². The van der Waals surface area contributed by atoms with Crippen molar-refractivity contribution in [2.75, 3.05) is 7.11 Å². The van der Waals surface area contributed by atoms with Gasteiger partial charge in [-0.2, -0.15) is 13.2 Å². The summed E-state index contributed by atoms with van der Waals surface area (Å²) in [7, 11) is 1.09. The molecule has 0 heterocycles. The minimum absolute atomic E-state index is 0.117. The fourth-order valence-corrected chi connectivity index (χ4v) is 1.61. The minimum atomic E-state index is -4.59. The van der Waals surface area contributed by atoms with Crippen LogP contribution >= 0.6 is 11.6 Å². The van der Waals surface area contributed by atoms with Crippen molar-refractivity contribution in [1.82, 2.24) is 0 Å². The van der Waals surface area contributed by atoms with Crippen molar-refractivity contribution in [3.63, 3.8) is 0 Å². The van der Waals surface area contributed by atoms with Gasteiger partial charge in [0.15, 0.2) is 0 Å². The molecule has 1 rings (SSSR count). The second-order valence-corrected chi connectivity index (χ2v) is 3.59. The molecule has 1 atom stereocenters. The molecule has 0 saturated carbocycles. The van der Waals surface area contributed by atoms with Crippen LogP contribution in [-0.2, 0) is 15.7 Å². The number of hydrogen-bond donors (Lipinski definition) is 1. The van der Waals surface area contributed by atoms with Gasteiger partial charge in [-0.3, -0.25) is 4.79 Å². The molecule has 0 aromatic heterocycles. The van der Waals surface area contributed by atoms with Crippen LogP contribution in [0.1, 0.15) is 17.2 Å². The topological polar surface area (TPSA) is 52.3 Å². The van der Waals surface area contributed by atoms with Crippen LogP contribution < -0.4 is 5.73 Å². The molecule has 0 amide bonds. The van der Waals surface area contributed by atoms with Gasteiger partial charge in [0.1, 0.15) is 6.04 Å². The number of ether oxygens (including phenoxy) is 1. The minimum Gasteiger partial charge on any atom is -0.468 e. The number of carbonyl (C=O) groups is 1. The highest BCUT2D eigenvalue weighted by Gasteiger charge is 2.35. The number of hydrogen-bond acceptors (Lipinski definition) is 3. The molecule has 1 aromatic rings. The van der Waals surface area contributed by atoms with Crippen molar-refractivity contribution in [3.8, 4) is 0 Å². The molecule has 0 bridgehead atoms. The van der Waals surface area contributed by atoms with Crippen LogP contribution in [0.3, 0.4) is 0 Å². The van der Waals surface area contributed by atoms with Gasteiger partial charge < -0.3 is 10.5 Å². The summed E-state index contributed by atoms with van der Waals surface area (Å²) in [5.41, 5.74) is 4.29. The van der Waals surface area contributed by atoms with Crippen LogP contribution in [0.5, 0.6) is 0 Å². The van der Waals surface area contributed by atoms with E-state index in [4.69, 9.17) is 17.3 Å². The normalized spacial score (nSPS) is 13.3. The number of esters is 1. The summed E-state index contributed by atoms with van der Waals surface area (Å²) in [5, 5.41) is -0.585. The van der Waals surface area contributed by atoms with Gasteiger partial charge in [0.25, 0.3) is 0 Å². The van der Waals surface area contributed by atoms with Gasteiger partial charge in [0.2, 0.25) is 0 Å². The Morgan fingerprint density at radius 1 is 1.47 bits per heavy atom. The van der Waals surface area contributed by atoms with Gasteiger partial charge in [-0.15, -0.1) is 0 Å². The van der Waals surface area contributed by atoms with E-state index in [9.17, 15) is 18.0 Å². The van der Waals surface area contributed by atoms with E-state index in [1.807, 2.05) is 0 Å². The first-order valence-corrected chi connectivity index (χ1v) is 4.86. The van der Waals surface area contributed by atoms with Crippen LogP contribution in [0.2, 0.25) is 5.02 Å². The lowest BCUT2D eigenvalue weighted by Gasteiger charge is -2.15. The average Bonchev–Trinajstić information content (AvgIpc) is 2.25. The summed E-state index contributed by atoms with van der Waals surface area (Å²) in [5.74, 6) is -0.855. The molecule has 17 heavy (non-hydrogen) atoms. The summed E-state index contributed by atoms with van der Waals surface area (Å²) in [6, 6.07) is 1.86. The number of methoxy groups -OCH3 is 1. The van der Waals surface area contributed by atoms with E-state index < -0.39 is 28.8 Å². The maximum Gasteiger partial charge on any atom is 0.417 e. The maximum atomic E-state index is 12.5. The lowest BCUT2D eigenvalue weighted by Crippen LogP contribution is -2.23. The first-order chi connectivity index (χ1) is 7.79. The molecule has 2 N–H and O–H groups in total. The molecule has 0 saturated heterocycles. The zero-order chi connectivity index (χ0) is 13.2. The fraction of sp³-hybridized carbons (Fsp3) is 0.300. The Balaban J connectivity index is 3.24. The number of alkyl halides is 3. The lowest BCUT2D eigenvalue weighted by molar-refractivity contribution is -0.142. The van der Waals surface area contributed by atoms with Crippen molar-refractivity contribution in [2.45, 2.75) is 12.2 Å². The number of nitrogens with two attached hydrogens (primary N) is 1. The number of rotatable bonds is 2. The van der Waals surface area contributed by atoms with Crippen LogP contribution in [0.15, 0.2) is 18.2 Å². The van der Waals surface area contributed by atoms with E-state index in [2.05, 4.69) is 4.74 Å². The molecule has 94 valence electrons. The number of carbonyl (C=O) groups excluding carboxylic acids is 1. The SMILES string of the molecule is COC(=O)[C@@H](N)c1cccc(C(F)(F)F)c1Cl. The van der Waals surface area contributed by atoms with E-state index in [1.165, 1.54) is 6.07 Å². The van der Waals surface area contributed by atoms with Gasteiger partial charge in [0, 0.05) is 0 Å². The smallest absolute Gasteiger partial charge is 0.417 e. The van der Waals surface area contributed by atoms with Gasteiger partial charge in [-0.1, -0.05) is 23.7 Å². The summed E-state index contributed by atoms with van der Waals surface area (Å²) >= 11 is 5.58. The molecular weight excluding hydrogens is 259 g/mol. The van der Waals surface area contributed by atoms with Gasteiger partial charge >= 0.3 is 12.1 Å². The molecule has 3 nitrogen and oxygen atoms in total. The Bertz CT molecular complexity index is 434. The summed E-state index contributed by atoms with van der Waals surface area (Å²) in [4.78, 5) is 11.1. The zero-order valence-corrected chi connectivity index (χ0v) is 9.47. The third kappa shape index (κ3) is 2.89. The summed E-state index contributed by atoms with van der Waals surface area (Å²) in [6.07, 6.45) is -4.59. The van der Waals surface area contributed by atoms with E-state index in [0.717, 1.165) is 19.2 Å². The van der Waals surface area contributed by atoms with Crippen molar-refractivity contribution < 1.29 is 22.7 Å². The fourth-order valence-electron chi connectivity index (χ4n) is 1.26. The molecule has 0 aliphatic heterocycles.